The number of aryl methyl sites for hydroxylation is 1. The first-order chi connectivity index (χ1) is 15.0. The summed E-state index contributed by atoms with van der Waals surface area (Å²) in [5.41, 5.74) is 3.73. The number of thioether (sulfide) groups is 1. The molecule has 0 unspecified atom stereocenters. The van der Waals surface area contributed by atoms with E-state index < -0.39 is 0 Å². The molecule has 4 nitrogen and oxygen atoms in total. The van der Waals surface area contributed by atoms with Crippen molar-refractivity contribution in [2.75, 3.05) is 0 Å². The van der Waals surface area contributed by atoms with Crippen molar-refractivity contribution in [2.24, 2.45) is 4.99 Å². The molecular formula is C24H18BrFN2O2S. The molecule has 1 N–H and O–H groups in total. The number of amidine groups is 1. The van der Waals surface area contributed by atoms with E-state index in [9.17, 15) is 9.18 Å². The Kier molecular flexibility index (Phi) is 6.53. The predicted molar refractivity (Wildman–Crippen MR) is 127 cm³/mol. The third kappa shape index (κ3) is 5.62. The maximum Gasteiger partial charge on any atom is 0.264 e. The van der Waals surface area contributed by atoms with Crippen LogP contribution in [0.15, 0.2) is 81.1 Å². The number of amides is 1. The summed E-state index contributed by atoms with van der Waals surface area (Å²) in [6.45, 7) is 2.52. The molecule has 4 rings (SSSR count). The minimum atomic E-state index is -0.329. The number of carbonyl (C=O) groups excluding carboxylic acids is 1. The van der Waals surface area contributed by atoms with Gasteiger partial charge in [0.25, 0.3) is 5.91 Å². The summed E-state index contributed by atoms with van der Waals surface area (Å²) in [6.07, 6.45) is 1.79. The molecule has 3 aromatic rings. The molecule has 1 fully saturated rings. The molecule has 7 heteroatoms. The third-order valence-electron chi connectivity index (χ3n) is 4.48. The number of halogens is 2. The Labute approximate surface area is 192 Å². The van der Waals surface area contributed by atoms with Crippen LogP contribution in [-0.2, 0) is 11.4 Å². The van der Waals surface area contributed by atoms with E-state index in [1.807, 2.05) is 30.3 Å². The molecule has 0 spiro atoms. The topological polar surface area (TPSA) is 50.7 Å². The molecule has 0 aliphatic carbocycles. The molecule has 1 aliphatic heterocycles. The van der Waals surface area contributed by atoms with Gasteiger partial charge in [0.05, 0.1) is 15.1 Å². The number of carbonyl (C=O) groups is 1. The molecule has 0 saturated carbocycles. The van der Waals surface area contributed by atoms with Gasteiger partial charge in [-0.3, -0.25) is 4.79 Å². The van der Waals surface area contributed by atoms with Crippen molar-refractivity contribution in [1.82, 2.24) is 5.32 Å². The normalized spacial score (nSPS) is 16.0. The number of rotatable bonds is 5. The van der Waals surface area contributed by atoms with Crippen LogP contribution in [0.3, 0.4) is 0 Å². The SMILES string of the molecule is Cc1ccc(COc2ccc(/C=C3/SC(=Nc4ccc(F)cc4)NC3=O)cc2Br)cc1. The number of aliphatic imine (C=N–C) groups is 1. The second-order valence-electron chi connectivity index (χ2n) is 6.92. The third-order valence-corrected chi connectivity index (χ3v) is 6.01. The van der Waals surface area contributed by atoms with Crippen LogP contribution in [0, 0.1) is 12.7 Å². The van der Waals surface area contributed by atoms with E-state index >= 15 is 0 Å². The molecule has 0 bridgehead atoms. The monoisotopic (exact) mass is 496 g/mol. The summed E-state index contributed by atoms with van der Waals surface area (Å²) in [5, 5.41) is 3.19. The van der Waals surface area contributed by atoms with E-state index in [-0.39, 0.29) is 11.7 Å². The molecule has 0 atom stereocenters. The van der Waals surface area contributed by atoms with Crippen LogP contribution in [-0.4, -0.2) is 11.1 Å². The molecule has 0 aromatic heterocycles. The van der Waals surface area contributed by atoms with Crippen molar-refractivity contribution in [3.63, 3.8) is 0 Å². The molecule has 3 aromatic carbocycles. The Balaban J connectivity index is 1.44. The average Bonchev–Trinajstić information content (AvgIpc) is 3.09. The van der Waals surface area contributed by atoms with E-state index in [1.165, 1.54) is 29.5 Å². The lowest BCUT2D eigenvalue weighted by atomic mass is 10.1. The molecular weight excluding hydrogens is 479 g/mol. The van der Waals surface area contributed by atoms with Gasteiger partial charge in [0.2, 0.25) is 0 Å². The highest BCUT2D eigenvalue weighted by Crippen LogP contribution is 2.31. The Morgan fingerprint density at radius 3 is 2.55 bits per heavy atom. The predicted octanol–water partition coefficient (Wildman–Crippen LogP) is 6.37. The van der Waals surface area contributed by atoms with Crippen LogP contribution in [0.25, 0.3) is 6.08 Å². The first kappa shape index (κ1) is 21.3. The van der Waals surface area contributed by atoms with Gasteiger partial charge >= 0.3 is 0 Å². The molecule has 1 aliphatic rings. The molecule has 1 saturated heterocycles. The lowest BCUT2D eigenvalue weighted by molar-refractivity contribution is -0.115. The zero-order valence-electron chi connectivity index (χ0n) is 16.6. The Morgan fingerprint density at radius 1 is 1.10 bits per heavy atom. The summed E-state index contributed by atoms with van der Waals surface area (Å²) in [7, 11) is 0. The zero-order chi connectivity index (χ0) is 21.8. The summed E-state index contributed by atoms with van der Waals surface area (Å²) in [5.74, 6) is 0.177. The van der Waals surface area contributed by atoms with Gasteiger partial charge in [-0.1, -0.05) is 35.9 Å². The van der Waals surface area contributed by atoms with E-state index in [4.69, 9.17) is 4.74 Å². The van der Waals surface area contributed by atoms with E-state index in [2.05, 4.69) is 45.3 Å². The van der Waals surface area contributed by atoms with Crippen molar-refractivity contribution >= 4 is 50.5 Å². The number of ether oxygens (including phenoxy) is 1. The maximum atomic E-state index is 13.0. The second-order valence-corrected chi connectivity index (χ2v) is 8.81. The summed E-state index contributed by atoms with van der Waals surface area (Å²) in [6, 6.07) is 19.6. The highest BCUT2D eigenvalue weighted by molar-refractivity contribution is 9.10. The number of hydrogen-bond acceptors (Lipinski definition) is 4. The fourth-order valence-corrected chi connectivity index (χ4v) is 4.19. The van der Waals surface area contributed by atoms with Gasteiger partial charge in [0.15, 0.2) is 5.17 Å². The van der Waals surface area contributed by atoms with Gasteiger partial charge in [0, 0.05) is 0 Å². The zero-order valence-corrected chi connectivity index (χ0v) is 19.0. The largest absolute Gasteiger partial charge is 0.488 e. The van der Waals surface area contributed by atoms with Crippen LogP contribution in [0.5, 0.6) is 5.75 Å². The second kappa shape index (κ2) is 9.49. The lowest BCUT2D eigenvalue weighted by Gasteiger charge is -2.09. The number of benzene rings is 3. The number of nitrogens with one attached hydrogen (secondary N) is 1. The summed E-state index contributed by atoms with van der Waals surface area (Å²) < 4.78 is 19.7. The molecule has 156 valence electrons. The molecule has 0 radical (unpaired) electrons. The highest BCUT2D eigenvalue weighted by Gasteiger charge is 2.23. The van der Waals surface area contributed by atoms with Gasteiger partial charge in [0.1, 0.15) is 18.2 Å². The van der Waals surface area contributed by atoms with Crippen molar-refractivity contribution in [1.29, 1.82) is 0 Å². The molecule has 31 heavy (non-hydrogen) atoms. The number of nitrogens with zero attached hydrogens (tertiary/aromatic N) is 1. The number of hydrogen-bond donors (Lipinski definition) is 1. The average molecular weight is 497 g/mol. The Hall–Kier alpha value is -2.90. The van der Waals surface area contributed by atoms with Crippen LogP contribution < -0.4 is 10.1 Å². The van der Waals surface area contributed by atoms with Gasteiger partial charge in [-0.25, -0.2) is 9.38 Å². The van der Waals surface area contributed by atoms with Crippen molar-refractivity contribution < 1.29 is 13.9 Å². The lowest BCUT2D eigenvalue weighted by Crippen LogP contribution is -2.19. The Bertz CT molecular complexity index is 1180. The van der Waals surface area contributed by atoms with Gasteiger partial charge in [-0.2, -0.15) is 0 Å². The first-order valence-electron chi connectivity index (χ1n) is 9.49. The summed E-state index contributed by atoms with van der Waals surface area (Å²) in [4.78, 5) is 17.2. The van der Waals surface area contributed by atoms with Crippen LogP contribution in [0.4, 0.5) is 10.1 Å². The molecule has 1 heterocycles. The van der Waals surface area contributed by atoms with Crippen molar-refractivity contribution in [3.05, 3.63) is 98.6 Å². The smallest absolute Gasteiger partial charge is 0.264 e. The van der Waals surface area contributed by atoms with Gasteiger partial charge in [-0.15, -0.1) is 0 Å². The highest BCUT2D eigenvalue weighted by atomic mass is 79.9. The minimum Gasteiger partial charge on any atom is -0.488 e. The van der Waals surface area contributed by atoms with E-state index in [1.54, 1.807) is 18.2 Å². The first-order valence-corrected chi connectivity index (χ1v) is 11.1. The van der Waals surface area contributed by atoms with Gasteiger partial charge < -0.3 is 10.1 Å². The van der Waals surface area contributed by atoms with Crippen molar-refractivity contribution in [2.45, 2.75) is 13.5 Å². The minimum absolute atomic E-state index is 0.221. The fourth-order valence-electron chi connectivity index (χ4n) is 2.83. The van der Waals surface area contributed by atoms with Crippen LogP contribution in [0.1, 0.15) is 16.7 Å². The van der Waals surface area contributed by atoms with Gasteiger partial charge in [-0.05, 0) is 88.2 Å². The van der Waals surface area contributed by atoms with Crippen molar-refractivity contribution in [3.8, 4) is 5.75 Å². The van der Waals surface area contributed by atoms with E-state index in [0.717, 1.165) is 21.3 Å². The quantitative estimate of drug-likeness (QED) is 0.417. The molecule has 1 amide bonds. The fraction of sp³-hybridized carbons (Fsp3) is 0.0833. The van der Waals surface area contributed by atoms with Crippen LogP contribution >= 0.6 is 27.7 Å². The van der Waals surface area contributed by atoms with Crippen LogP contribution in [0.2, 0.25) is 0 Å². The standard InChI is InChI=1S/C24H18BrFN2O2S/c1-15-2-4-16(5-3-15)14-30-21-11-6-17(12-20(21)25)13-22-23(29)28-24(31-22)27-19-9-7-18(26)8-10-19/h2-13H,14H2,1H3,(H,27,28,29)/b22-13+. The maximum absolute atomic E-state index is 13.0. The summed E-state index contributed by atoms with van der Waals surface area (Å²) >= 11 is 4.78. The van der Waals surface area contributed by atoms with E-state index in [0.29, 0.717) is 22.4 Å². The Morgan fingerprint density at radius 2 is 1.84 bits per heavy atom.